The van der Waals surface area contributed by atoms with Crippen molar-refractivity contribution in [3.8, 4) is 0 Å². The third-order valence-corrected chi connectivity index (χ3v) is 1.80. The van der Waals surface area contributed by atoms with Crippen molar-refractivity contribution >= 4 is 17.6 Å². The zero-order valence-corrected chi connectivity index (χ0v) is 7.71. The number of nitro groups is 1. The average Bonchev–Trinajstić information content (AvgIpc) is 2.48. The van der Waals surface area contributed by atoms with Crippen molar-refractivity contribution in [2.45, 2.75) is 6.42 Å². The minimum Gasteiger partial charge on any atom is -0.475 e. The molecule has 0 aliphatic carbocycles. The molecule has 15 heavy (non-hydrogen) atoms. The lowest BCUT2D eigenvalue weighted by atomic mass is 10.3. The minimum absolute atomic E-state index is 0.0501. The summed E-state index contributed by atoms with van der Waals surface area (Å²) in [7, 11) is 1.34. The van der Waals surface area contributed by atoms with E-state index in [1.54, 1.807) is 0 Å². The van der Waals surface area contributed by atoms with Gasteiger partial charge >= 0.3 is 11.8 Å². The molecule has 0 aliphatic heterocycles. The molecule has 8 nitrogen and oxygen atoms in total. The second kappa shape index (κ2) is 3.86. The van der Waals surface area contributed by atoms with Gasteiger partial charge in [0.1, 0.15) is 6.20 Å². The van der Waals surface area contributed by atoms with Crippen LogP contribution in [0.15, 0.2) is 6.20 Å². The molecule has 0 radical (unpaired) electrons. The molecule has 0 aliphatic rings. The molecular weight excluding hydrogens is 206 g/mol. The van der Waals surface area contributed by atoms with Crippen LogP contribution in [0.2, 0.25) is 0 Å². The summed E-state index contributed by atoms with van der Waals surface area (Å²) >= 11 is 0. The van der Waals surface area contributed by atoms with Gasteiger partial charge in [0, 0.05) is 0 Å². The van der Waals surface area contributed by atoms with Crippen LogP contribution >= 0.6 is 0 Å². The van der Waals surface area contributed by atoms with Gasteiger partial charge in [-0.15, -0.1) is 0 Å². The Morgan fingerprint density at radius 1 is 1.67 bits per heavy atom. The molecule has 0 aromatic carbocycles. The highest BCUT2D eigenvalue weighted by Gasteiger charge is 2.21. The monoisotopic (exact) mass is 213 g/mol. The molecule has 1 aromatic rings. The lowest BCUT2D eigenvalue weighted by molar-refractivity contribution is -0.391. The molecule has 1 heterocycles. The van der Waals surface area contributed by atoms with Gasteiger partial charge in [-0.05, 0) is 4.92 Å². The Kier molecular flexibility index (Phi) is 2.79. The van der Waals surface area contributed by atoms with Crippen LogP contribution in [0.5, 0.6) is 0 Å². The second-order valence-electron chi connectivity index (χ2n) is 2.75. The molecule has 8 heteroatoms. The number of ketones is 1. The summed E-state index contributed by atoms with van der Waals surface area (Å²) < 4.78 is 1.07. The Bertz CT molecular complexity index is 436. The number of nitrogens with zero attached hydrogens (tertiary/aromatic N) is 3. The van der Waals surface area contributed by atoms with Gasteiger partial charge in [0.15, 0.2) is 0 Å². The van der Waals surface area contributed by atoms with E-state index in [-0.39, 0.29) is 11.6 Å². The molecule has 0 spiro atoms. The smallest absolute Gasteiger partial charge is 0.372 e. The van der Waals surface area contributed by atoms with Crippen molar-refractivity contribution in [3.63, 3.8) is 0 Å². The first-order chi connectivity index (χ1) is 6.93. The summed E-state index contributed by atoms with van der Waals surface area (Å²) in [5, 5.41) is 18.7. The van der Waals surface area contributed by atoms with E-state index in [9.17, 15) is 19.7 Å². The highest BCUT2D eigenvalue weighted by molar-refractivity contribution is 6.33. The van der Waals surface area contributed by atoms with Crippen LogP contribution in [0.3, 0.4) is 0 Å². The van der Waals surface area contributed by atoms with Crippen LogP contribution in [0.1, 0.15) is 5.82 Å². The second-order valence-corrected chi connectivity index (χ2v) is 2.75. The molecule has 1 N–H and O–H groups in total. The summed E-state index contributed by atoms with van der Waals surface area (Å²) in [6, 6.07) is 0. The summed E-state index contributed by atoms with van der Waals surface area (Å²) in [4.78, 5) is 34.4. The van der Waals surface area contributed by atoms with Crippen LogP contribution in [-0.4, -0.2) is 31.3 Å². The van der Waals surface area contributed by atoms with E-state index in [2.05, 4.69) is 4.98 Å². The Labute approximate surface area is 83.3 Å². The number of rotatable bonds is 4. The summed E-state index contributed by atoms with van der Waals surface area (Å²) in [6.45, 7) is 0. The number of imidazole rings is 1. The maximum Gasteiger partial charge on any atom is 0.372 e. The minimum atomic E-state index is -1.58. The number of Topliss-reactive ketones (excluding diaryl/α,β-unsaturated/α-hetero) is 1. The van der Waals surface area contributed by atoms with Gasteiger partial charge in [0.05, 0.1) is 13.5 Å². The highest BCUT2D eigenvalue weighted by Crippen LogP contribution is 2.11. The standard InChI is InChI=1S/C7H7N3O5/c1-9-5(2-4(11)7(12)13)8-3-6(9)10(14)15/h3H,2H2,1H3,(H,12,13). The predicted octanol–water partition coefficient (Wildman–Crippen LogP) is -0.476. The molecule has 0 saturated carbocycles. The normalized spacial score (nSPS) is 9.93. The molecule has 0 bridgehead atoms. The van der Waals surface area contributed by atoms with Crippen LogP contribution in [0, 0.1) is 10.1 Å². The van der Waals surface area contributed by atoms with Gasteiger partial charge in [0.2, 0.25) is 11.6 Å². The number of carboxylic acids is 1. The van der Waals surface area contributed by atoms with Gasteiger partial charge < -0.3 is 15.2 Å². The number of carbonyl (C=O) groups excluding carboxylic acids is 1. The van der Waals surface area contributed by atoms with Crippen LogP contribution in [0.25, 0.3) is 0 Å². The van der Waals surface area contributed by atoms with E-state index in [0.717, 1.165) is 10.8 Å². The van der Waals surface area contributed by atoms with E-state index in [1.165, 1.54) is 7.05 Å². The number of carbonyl (C=O) groups is 2. The Hall–Kier alpha value is -2.25. The van der Waals surface area contributed by atoms with Gasteiger partial charge in [-0.1, -0.05) is 0 Å². The van der Waals surface area contributed by atoms with Crippen molar-refractivity contribution < 1.29 is 19.6 Å². The van der Waals surface area contributed by atoms with Gasteiger partial charge in [-0.3, -0.25) is 4.79 Å². The number of aliphatic carboxylic acids is 1. The van der Waals surface area contributed by atoms with Crippen molar-refractivity contribution in [3.05, 3.63) is 22.1 Å². The van der Waals surface area contributed by atoms with Crippen molar-refractivity contribution in [2.75, 3.05) is 0 Å². The summed E-state index contributed by atoms with van der Waals surface area (Å²) in [5.41, 5.74) is 0. The van der Waals surface area contributed by atoms with Crippen LogP contribution in [-0.2, 0) is 23.1 Å². The third kappa shape index (κ3) is 2.16. The fourth-order valence-electron chi connectivity index (χ4n) is 0.991. The maximum absolute atomic E-state index is 10.8. The molecule has 1 rings (SSSR count). The number of hydrogen-bond acceptors (Lipinski definition) is 5. The van der Waals surface area contributed by atoms with Crippen molar-refractivity contribution in [1.82, 2.24) is 9.55 Å². The van der Waals surface area contributed by atoms with E-state index in [4.69, 9.17) is 5.11 Å². The van der Waals surface area contributed by atoms with E-state index < -0.39 is 23.1 Å². The number of aromatic nitrogens is 2. The van der Waals surface area contributed by atoms with Crippen molar-refractivity contribution in [1.29, 1.82) is 0 Å². The van der Waals surface area contributed by atoms with Gasteiger partial charge in [-0.2, -0.15) is 0 Å². The summed E-state index contributed by atoms with van der Waals surface area (Å²) in [5.74, 6) is -2.88. The van der Waals surface area contributed by atoms with E-state index >= 15 is 0 Å². The van der Waals surface area contributed by atoms with Crippen LogP contribution < -0.4 is 0 Å². The fraction of sp³-hybridized carbons (Fsp3) is 0.286. The molecule has 80 valence electrons. The first-order valence-corrected chi connectivity index (χ1v) is 3.84. The lowest BCUT2D eigenvalue weighted by Crippen LogP contribution is -2.17. The Morgan fingerprint density at radius 3 is 2.67 bits per heavy atom. The largest absolute Gasteiger partial charge is 0.475 e. The SMILES string of the molecule is Cn1c([N+](=O)[O-])cnc1CC(=O)C(=O)O. The zero-order chi connectivity index (χ0) is 11.6. The van der Waals surface area contributed by atoms with E-state index in [0.29, 0.717) is 0 Å². The number of hydrogen-bond donors (Lipinski definition) is 1. The molecule has 0 amide bonds. The Morgan fingerprint density at radius 2 is 2.27 bits per heavy atom. The maximum atomic E-state index is 10.8. The molecule has 0 fully saturated rings. The molecule has 1 aromatic heterocycles. The average molecular weight is 213 g/mol. The first kappa shape index (κ1) is 10.8. The topological polar surface area (TPSA) is 115 Å². The van der Waals surface area contributed by atoms with E-state index in [1.807, 2.05) is 0 Å². The molecule has 0 atom stereocenters. The molecule has 0 unspecified atom stereocenters. The van der Waals surface area contributed by atoms with Crippen molar-refractivity contribution in [2.24, 2.45) is 7.05 Å². The lowest BCUT2D eigenvalue weighted by Gasteiger charge is -1.96. The van der Waals surface area contributed by atoms with Gasteiger partial charge in [0.25, 0.3) is 0 Å². The fourth-order valence-corrected chi connectivity index (χ4v) is 0.991. The highest BCUT2D eigenvalue weighted by atomic mass is 16.6. The quantitative estimate of drug-likeness (QED) is 0.410. The molecule has 0 saturated heterocycles. The Balaban J connectivity index is 2.93. The molecular formula is C7H7N3O5. The van der Waals surface area contributed by atoms with Crippen LogP contribution in [0.4, 0.5) is 5.82 Å². The van der Waals surface area contributed by atoms with Gasteiger partial charge in [-0.25, -0.2) is 14.3 Å². The zero-order valence-electron chi connectivity index (χ0n) is 7.71. The number of carboxylic acid groups (broad SMARTS) is 1. The third-order valence-electron chi connectivity index (χ3n) is 1.80. The first-order valence-electron chi connectivity index (χ1n) is 3.84. The predicted molar refractivity (Wildman–Crippen MR) is 46.2 cm³/mol. The summed E-state index contributed by atoms with van der Waals surface area (Å²) in [6.07, 6.45) is 0.518.